The lowest BCUT2D eigenvalue weighted by Crippen LogP contribution is -2.14. The fourth-order valence-electron chi connectivity index (χ4n) is 0.899. The minimum Gasteiger partial charge on any atom is -0.326 e. The third-order valence-electron chi connectivity index (χ3n) is 1.47. The molecule has 1 aromatic rings. The number of H-pyrrole nitrogens is 1. The molecule has 1 aromatic heterocycles. The largest absolute Gasteiger partial charge is 0.326 e. The molecular formula is C8H12N2O. The SMILES string of the molecule is CNCCc1cccc(=O)[nH]1. The van der Waals surface area contributed by atoms with E-state index in [-0.39, 0.29) is 5.56 Å². The zero-order valence-corrected chi connectivity index (χ0v) is 6.55. The molecule has 1 heterocycles. The van der Waals surface area contributed by atoms with Crippen molar-refractivity contribution in [2.45, 2.75) is 6.42 Å². The Labute approximate surface area is 65.5 Å². The monoisotopic (exact) mass is 152 g/mol. The fraction of sp³-hybridized carbons (Fsp3) is 0.375. The van der Waals surface area contributed by atoms with Crippen molar-refractivity contribution in [2.24, 2.45) is 0 Å². The van der Waals surface area contributed by atoms with Gasteiger partial charge in [-0.1, -0.05) is 6.07 Å². The van der Waals surface area contributed by atoms with E-state index in [1.165, 1.54) is 6.07 Å². The quantitative estimate of drug-likeness (QED) is 0.647. The van der Waals surface area contributed by atoms with Gasteiger partial charge in [0.1, 0.15) is 0 Å². The lowest BCUT2D eigenvalue weighted by atomic mass is 10.3. The van der Waals surface area contributed by atoms with Gasteiger partial charge >= 0.3 is 0 Å². The maximum atomic E-state index is 10.8. The zero-order valence-electron chi connectivity index (χ0n) is 6.55. The van der Waals surface area contributed by atoms with Gasteiger partial charge in [0.2, 0.25) is 5.56 Å². The molecule has 60 valence electrons. The maximum Gasteiger partial charge on any atom is 0.248 e. The predicted molar refractivity (Wildman–Crippen MR) is 44.7 cm³/mol. The second kappa shape index (κ2) is 3.93. The molecule has 0 amide bonds. The molecule has 0 aromatic carbocycles. The van der Waals surface area contributed by atoms with E-state index >= 15 is 0 Å². The van der Waals surface area contributed by atoms with Crippen LogP contribution in [0.2, 0.25) is 0 Å². The fourth-order valence-corrected chi connectivity index (χ4v) is 0.899. The highest BCUT2D eigenvalue weighted by molar-refractivity contribution is 5.03. The van der Waals surface area contributed by atoms with Crippen molar-refractivity contribution in [3.8, 4) is 0 Å². The topological polar surface area (TPSA) is 44.9 Å². The Morgan fingerprint density at radius 3 is 3.00 bits per heavy atom. The number of aromatic amines is 1. The second-order valence-electron chi connectivity index (χ2n) is 2.39. The third kappa shape index (κ3) is 2.55. The highest BCUT2D eigenvalue weighted by atomic mass is 16.1. The zero-order chi connectivity index (χ0) is 8.10. The third-order valence-corrected chi connectivity index (χ3v) is 1.47. The molecule has 1 rings (SSSR count). The van der Waals surface area contributed by atoms with Gasteiger partial charge in [-0.25, -0.2) is 0 Å². The molecule has 0 spiro atoms. The first-order chi connectivity index (χ1) is 5.33. The summed E-state index contributed by atoms with van der Waals surface area (Å²) in [6.45, 7) is 0.889. The number of hydrogen-bond acceptors (Lipinski definition) is 2. The van der Waals surface area contributed by atoms with Gasteiger partial charge in [-0.2, -0.15) is 0 Å². The van der Waals surface area contributed by atoms with E-state index in [0.717, 1.165) is 18.7 Å². The van der Waals surface area contributed by atoms with Crippen molar-refractivity contribution in [1.82, 2.24) is 10.3 Å². The normalized spacial score (nSPS) is 9.91. The molecule has 0 bridgehead atoms. The lowest BCUT2D eigenvalue weighted by molar-refractivity contribution is 0.774. The summed E-state index contributed by atoms with van der Waals surface area (Å²) >= 11 is 0. The van der Waals surface area contributed by atoms with E-state index in [1.54, 1.807) is 6.07 Å². The number of pyridine rings is 1. The van der Waals surface area contributed by atoms with Crippen LogP contribution in [-0.2, 0) is 6.42 Å². The van der Waals surface area contributed by atoms with Crippen molar-refractivity contribution >= 4 is 0 Å². The highest BCUT2D eigenvalue weighted by Gasteiger charge is 1.90. The van der Waals surface area contributed by atoms with E-state index in [4.69, 9.17) is 0 Å². The summed E-state index contributed by atoms with van der Waals surface area (Å²) in [6, 6.07) is 5.20. The minimum atomic E-state index is -0.0291. The molecule has 11 heavy (non-hydrogen) atoms. The van der Waals surface area contributed by atoms with E-state index in [9.17, 15) is 4.79 Å². The van der Waals surface area contributed by atoms with Gasteiger partial charge in [0.15, 0.2) is 0 Å². The molecule has 0 saturated heterocycles. The molecular weight excluding hydrogens is 140 g/mol. The van der Waals surface area contributed by atoms with E-state index in [0.29, 0.717) is 0 Å². The number of rotatable bonds is 3. The summed E-state index contributed by atoms with van der Waals surface area (Å²) in [5, 5.41) is 3.01. The second-order valence-corrected chi connectivity index (χ2v) is 2.39. The van der Waals surface area contributed by atoms with Gasteiger partial charge in [-0.15, -0.1) is 0 Å². The number of likely N-dealkylation sites (N-methyl/N-ethyl adjacent to an activating group) is 1. The van der Waals surface area contributed by atoms with Crippen molar-refractivity contribution in [2.75, 3.05) is 13.6 Å². The van der Waals surface area contributed by atoms with Gasteiger partial charge in [0, 0.05) is 24.7 Å². The lowest BCUT2D eigenvalue weighted by Gasteiger charge is -1.98. The molecule has 0 aliphatic carbocycles. The smallest absolute Gasteiger partial charge is 0.248 e. The molecule has 3 heteroatoms. The van der Waals surface area contributed by atoms with E-state index in [2.05, 4.69) is 10.3 Å². The molecule has 3 nitrogen and oxygen atoms in total. The Hall–Kier alpha value is -1.09. The Kier molecular flexibility index (Phi) is 2.86. The maximum absolute atomic E-state index is 10.8. The van der Waals surface area contributed by atoms with Crippen molar-refractivity contribution in [3.63, 3.8) is 0 Å². The van der Waals surface area contributed by atoms with Gasteiger partial charge < -0.3 is 10.3 Å². The molecule has 0 radical (unpaired) electrons. The van der Waals surface area contributed by atoms with Gasteiger partial charge in [-0.05, 0) is 13.1 Å². The van der Waals surface area contributed by atoms with Crippen molar-refractivity contribution in [3.05, 3.63) is 34.2 Å². The first kappa shape index (κ1) is 8.01. The molecule has 0 unspecified atom stereocenters. The Morgan fingerprint density at radius 1 is 1.55 bits per heavy atom. The number of aromatic nitrogens is 1. The predicted octanol–water partition coefficient (Wildman–Crippen LogP) is 0.137. The summed E-state index contributed by atoms with van der Waals surface area (Å²) in [4.78, 5) is 13.5. The summed E-state index contributed by atoms with van der Waals surface area (Å²) < 4.78 is 0. The van der Waals surface area contributed by atoms with E-state index in [1.807, 2.05) is 13.1 Å². The van der Waals surface area contributed by atoms with E-state index < -0.39 is 0 Å². The van der Waals surface area contributed by atoms with Gasteiger partial charge in [0.05, 0.1) is 0 Å². The van der Waals surface area contributed by atoms with Gasteiger partial charge in [0.25, 0.3) is 0 Å². The Balaban J connectivity index is 2.64. The average Bonchev–Trinajstić information content (AvgIpc) is 2.01. The molecule has 0 fully saturated rings. The average molecular weight is 152 g/mol. The summed E-state index contributed by atoms with van der Waals surface area (Å²) in [5.74, 6) is 0. The first-order valence-electron chi connectivity index (χ1n) is 3.66. The van der Waals surface area contributed by atoms with Crippen molar-refractivity contribution < 1.29 is 0 Å². The van der Waals surface area contributed by atoms with Crippen LogP contribution in [0.3, 0.4) is 0 Å². The molecule has 0 aliphatic heterocycles. The van der Waals surface area contributed by atoms with Crippen LogP contribution in [0.5, 0.6) is 0 Å². The Bertz CT molecular complexity index is 267. The van der Waals surface area contributed by atoms with Crippen LogP contribution in [0.25, 0.3) is 0 Å². The van der Waals surface area contributed by atoms with Crippen LogP contribution in [0.15, 0.2) is 23.0 Å². The van der Waals surface area contributed by atoms with Crippen molar-refractivity contribution in [1.29, 1.82) is 0 Å². The minimum absolute atomic E-state index is 0.0291. The Morgan fingerprint density at radius 2 is 2.36 bits per heavy atom. The first-order valence-corrected chi connectivity index (χ1v) is 3.66. The number of nitrogens with one attached hydrogen (secondary N) is 2. The van der Waals surface area contributed by atoms with Crippen LogP contribution in [0.4, 0.5) is 0 Å². The van der Waals surface area contributed by atoms with Crippen LogP contribution in [0, 0.1) is 0 Å². The highest BCUT2D eigenvalue weighted by Crippen LogP contribution is 1.89. The summed E-state index contributed by atoms with van der Waals surface area (Å²) in [6.07, 6.45) is 0.868. The number of hydrogen-bond donors (Lipinski definition) is 2. The van der Waals surface area contributed by atoms with Crippen LogP contribution in [-0.4, -0.2) is 18.6 Å². The van der Waals surface area contributed by atoms with Crippen LogP contribution in [0.1, 0.15) is 5.69 Å². The molecule has 0 atom stereocenters. The van der Waals surface area contributed by atoms with Gasteiger partial charge in [-0.3, -0.25) is 4.79 Å². The molecule has 2 N–H and O–H groups in total. The summed E-state index contributed by atoms with van der Waals surface area (Å²) in [5.41, 5.74) is 0.949. The molecule has 0 saturated carbocycles. The standard InChI is InChI=1S/C8H12N2O/c1-9-6-5-7-3-2-4-8(11)10-7/h2-4,9H,5-6H2,1H3,(H,10,11). The van der Waals surface area contributed by atoms with Crippen LogP contribution < -0.4 is 10.9 Å². The molecule has 0 aliphatic rings. The van der Waals surface area contributed by atoms with Crippen LogP contribution >= 0.6 is 0 Å². The summed E-state index contributed by atoms with van der Waals surface area (Å²) in [7, 11) is 1.89.